The summed E-state index contributed by atoms with van der Waals surface area (Å²) in [6, 6.07) is 12.4. The molecule has 2 aromatic rings. The molecule has 4 nitrogen and oxygen atoms in total. The molecular formula is C17H17FN2O2. The van der Waals surface area contributed by atoms with Gasteiger partial charge in [0.25, 0.3) is 5.91 Å². The van der Waals surface area contributed by atoms with Gasteiger partial charge in [0.1, 0.15) is 5.82 Å². The Bertz CT molecular complexity index is 666. The van der Waals surface area contributed by atoms with E-state index < -0.39 is 0 Å². The lowest BCUT2D eigenvalue weighted by atomic mass is 10.1. The predicted octanol–water partition coefficient (Wildman–Crippen LogP) is 3.45. The number of benzene rings is 2. The van der Waals surface area contributed by atoms with Gasteiger partial charge >= 0.3 is 0 Å². The fraction of sp³-hybridized carbons (Fsp3) is 0.176. The molecule has 0 saturated carbocycles. The lowest BCUT2D eigenvalue weighted by Crippen LogP contribution is -2.30. The fourth-order valence-corrected chi connectivity index (χ4v) is 2.12. The van der Waals surface area contributed by atoms with Crippen molar-refractivity contribution < 1.29 is 14.0 Å². The molecule has 0 spiro atoms. The fourth-order valence-electron chi connectivity index (χ4n) is 2.12. The molecule has 0 aliphatic rings. The second-order valence-corrected chi connectivity index (χ2v) is 4.78. The molecule has 22 heavy (non-hydrogen) atoms. The van der Waals surface area contributed by atoms with E-state index in [1.165, 1.54) is 19.1 Å². The summed E-state index contributed by atoms with van der Waals surface area (Å²) in [7, 11) is 0. The van der Waals surface area contributed by atoms with Gasteiger partial charge in [-0.25, -0.2) is 4.39 Å². The second kappa shape index (κ2) is 6.85. The van der Waals surface area contributed by atoms with E-state index in [1.54, 1.807) is 41.3 Å². The smallest absolute Gasteiger partial charge is 0.258 e. The van der Waals surface area contributed by atoms with Crippen LogP contribution >= 0.6 is 0 Å². The van der Waals surface area contributed by atoms with Crippen LogP contribution < -0.4 is 10.2 Å². The van der Waals surface area contributed by atoms with Crippen molar-refractivity contribution in [3.63, 3.8) is 0 Å². The van der Waals surface area contributed by atoms with Gasteiger partial charge in [-0.1, -0.05) is 0 Å². The molecular weight excluding hydrogens is 283 g/mol. The molecule has 0 bridgehead atoms. The van der Waals surface area contributed by atoms with E-state index in [9.17, 15) is 14.0 Å². The summed E-state index contributed by atoms with van der Waals surface area (Å²) in [5, 5.41) is 2.65. The average molecular weight is 300 g/mol. The van der Waals surface area contributed by atoms with Crippen molar-refractivity contribution in [3.05, 3.63) is 59.9 Å². The number of rotatable bonds is 4. The number of halogens is 1. The molecule has 0 saturated heterocycles. The summed E-state index contributed by atoms with van der Waals surface area (Å²) in [6.45, 7) is 3.75. The molecule has 0 aliphatic heterocycles. The minimum absolute atomic E-state index is 0.166. The van der Waals surface area contributed by atoms with Gasteiger partial charge in [-0.05, 0) is 55.5 Å². The standard InChI is InChI=1S/C17H17FN2O2/c1-3-20(16-10-6-14(18)7-11-16)17(22)13-4-8-15(9-5-13)19-12(2)21/h4-11H,3H2,1-2H3,(H,19,21). The Hall–Kier alpha value is -2.69. The van der Waals surface area contributed by atoms with Gasteiger partial charge in [-0.15, -0.1) is 0 Å². The van der Waals surface area contributed by atoms with Gasteiger partial charge in [0.2, 0.25) is 5.91 Å². The van der Waals surface area contributed by atoms with Crippen LogP contribution in [0.25, 0.3) is 0 Å². The normalized spacial score (nSPS) is 10.1. The lowest BCUT2D eigenvalue weighted by Gasteiger charge is -2.21. The van der Waals surface area contributed by atoms with E-state index in [4.69, 9.17) is 0 Å². The third kappa shape index (κ3) is 3.69. The SMILES string of the molecule is CCN(C(=O)c1ccc(NC(C)=O)cc1)c1ccc(F)cc1. The zero-order valence-electron chi connectivity index (χ0n) is 12.5. The topological polar surface area (TPSA) is 49.4 Å². The van der Waals surface area contributed by atoms with Crippen LogP contribution in [0.3, 0.4) is 0 Å². The van der Waals surface area contributed by atoms with E-state index in [0.29, 0.717) is 23.5 Å². The summed E-state index contributed by atoms with van der Waals surface area (Å²) in [6.07, 6.45) is 0. The number of anilines is 2. The van der Waals surface area contributed by atoms with Gasteiger partial charge < -0.3 is 10.2 Å². The van der Waals surface area contributed by atoms with Crippen molar-refractivity contribution >= 4 is 23.2 Å². The van der Waals surface area contributed by atoms with Crippen LogP contribution in [-0.4, -0.2) is 18.4 Å². The Kier molecular flexibility index (Phi) is 4.88. The van der Waals surface area contributed by atoms with Gasteiger partial charge in [0.15, 0.2) is 0 Å². The number of nitrogens with zero attached hydrogens (tertiary/aromatic N) is 1. The first kappa shape index (κ1) is 15.7. The average Bonchev–Trinajstić information content (AvgIpc) is 2.50. The zero-order chi connectivity index (χ0) is 16.1. The van der Waals surface area contributed by atoms with E-state index in [1.807, 2.05) is 6.92 Å². The van der Waals surface area contributed by atoms with Gasteiger partial charge in [0, 0.05) is 30.4 Å². The molecule has 0 aliphatic carbocycles. The van der Waals surface area contributed by atoms with Gasteiger partial charge in [-0.3, -0.25) is 9.59 Å². The van der Waals surface area contributed by atoms with Crippen molar-refractivity contribution in [2.75, 3.05) is 16.8 Å². The molecule has 0 aromatic heterocycles. The molecule has 114 valence electrons. The number of hydrogen-bond acceptors (Lipinski definition) is 2. The monoisotopic (exact) mass is 300 g/mol. The van der Waals surface area contributed by atoms with Crippen molar-refractivity contribution in [1.82, 2.24) is 0 Å². The highest BCUT2D eigenvalue weighted by atomic mass is 19.1. The van der Waals surface area contributed by atoms with Crippen molar-refractivity contribution in [2.24, 2.45) is 0 Å². The molecule has 2 amide bonds. The Labute approximate surface area is 128 Å². The van der Waals surface area contributed by atoms with Crippen LogP contribution in [0.5, 0.6) is 0 Å². The molecule has 0 atom stereocenters. The number of amides is 2. The molecule has 1 N–H and O–H groups in total. The molecule has 5 heteroatoms. The molecule has 2 rings (SSSR count). The molecule has 2 aromatic carbocycles. The van der Waals surface area contributed by atoms with Crippen LogP contribution in [-0.2, 0) is 4.79 Å². The molecule has 0 radical (unpaired) electrons. The highest BCUT2D eigenvalue weighted by Gasteiger charge is 2.16. The predicted molar refractivity (Wildman–Crippen MR) is 84.5 cm³/mol. The number of nitrogens with one attached hydrogen (secondary N) is 1. The maximum Gasteiger partial charge on any atom is 0.258 e. The Morgan fingerprint density at radius 3 is 2.14 bits per heavy atom. The largest absolute Gasteiger partial charge is 0.326 e. The Balaban J connectivity index is 2.21. The van der Waals surface area contributed by atoms with Crippen LogP contribution in [0, 0.1) is 5.82 Å². The van der Waals surface area contributed by atoms with Crippen LogP contribution in [0.4, 0.5) is 15.8 Å². The van der Waals surface area contributed by atoms with Crippen LogP contribution in [0.1, 0.15) is 24.2 Å². The number of carbonyl (C=O) groups is 2. The van der Waals surface area contributed by atoms with E-state index >= 15 is 0 Å². The first-order valence-electron chi connectivity index (χ1n) is 6.96. The first-order chi connectivity index (χ1) is 10.5. The van der Waals surface area contributed by atoms with Gasteiger partial charge in [-0.2, -0.15) is 0 Å². The third-order valence-corrected chi connectivity index (χ3v) is 3.15. The molecule has 0 fully saturated rings. The summed E-state index contributed by atoms with van der Waals surface area (Å²) < 4.78 is 13.0. The maximum atomic E-state index is 13.0. The third-order valence-electron chi connectivity index (χ3n) is 3.15. The highest BCUT2D eigenvalue weighted by Crippen LogP contribution is 2.19. The summed E-state index contributed by atoms with van der Waals surface area (Å²) in [4.78, 5) is 25.1. The highest BCUT2D eigenvalue weighted by molar-refractivity contribution is 6.06. The molecule has 0 heterocycles. The number of carbonyl (C=O) groups excluding carboxylic acids is 2. The molecule has 0 unspecified atom stereocenters. The van der Waals surface area contributed by atoms with E-state index in [0.717, 1.165) is 0 Å². The Morgan fingerprint density at radius 2 is 1.64 bits per heavy atom. The second-order valence-electron chi connectivity index (χ2n) is 4.78. The van der Waals surface area contributed by atoms with E-state index in [-0.39, 0.29) is 17.6 Å². The van der Waals surface area contributed by atoms with Crippen molar-refractivity contribution in [3.8, 4) is 0 Å². The minimum Gasteiger partial charge on any atom is -0.326 e. The van der Waals surface area contributed by atoms with Crippen molar-refractivity contribution in [2.45, 2.75) is 13.8 Å². The van der Waals surface area contributed by atoms with Crippen LogP contribution in [0.2, 0.25) is 0 Å². The van der Waals surface area contributed by atoms with Crippen LogP contribution in [0.15, 0.2) is 48.5 Å². The maximum absolute atomic E-state index is 13.0. The summed E-state index contributed by atoms with van der Waals surface area (Å²) in [5.41, 5.74) is 1.77. The lowest BCUT2D eigenvalue weighted by molar-refractivity contribution is -0.114. The minimum atomic E-state index is -0.341. The Morgan fingerprint density at radius 1 is 1.05 bits per heavy atom. The summed E-state index contributed by atoms with van der Waals surface area (Å²) >= 11 is 0. The summed E-state index contributed by atoms with van der Waals surface area (Å²) in [5.74, 6) is -0.684. The quantitative estimate of drug-likeness (QED) is 0.940. The number of hydrogen-bond donors (Lipinski definition) is 1. The first-order valence-corrected chi connectivity index (χ1v) is 6.96. The van der Waals surface area contributed by atoms with Gasteiger partial charge in [0.05, 0.1) is 0 Å². The van der Waals surface area contributed by atoms with Crippen molar-refractivity contribution in [1.29, 1.82) is 0 Å². The zero-order valence-corrected chi connectivity index (χ0v) is 12.5. The van der Waals surface area contributed by atoms with E-state index in [2.05, 4.69) is 5.32 Å².